The SMILES string of the molecule is CCc1ccc(NC(=O)N2CCN(CC(=O)O)CC2)cc1. The predicted octanol–water partition coefficient (Wildman–Crippen LogP) is 1.48. The van der Waals surface area contributed by atoms with Crippen molar-refractivity contribution in [1.29, 1.82) is 0 Å². The summed E-state index contributed by atoms with van der Waals surface area (Å²) in [6.07, 6.45) is 0.972. The van der Waals surface area contributed by atoms with Crippen LogP contribution in [0.2, 0.25) is 0 Å². The van der Waals surface area contributed by atoms with Gasteiger partial charge in [0.25, 0.3) is 0 Å². The quantitative estimate of drug-likeness (QED) is 0.881. The number of aryl methyl sites for hydroxylation is 1. The van der Waals surface area contributed by atoms with Crippen molar-refractivity contribution in [2.75, 3.05) is 38.0 Å². The number of benzene rings is 1. The molecular weight excluding hydrogens is 270 g/mol. The van der Waals surface area contributed by atoms with E-state index in [0.717, 1.165) is 12.1 Å². The fraction of sp³-hybridized carbons (Fsp3) is 0.467. The third kappa shape index (κ3) is 4.46. The Kier molecular flexibility index (Phi) is 5.16. The van der Waals surface area contributed by atoms with Gasteiger partial charge in [-0.25, -0.2) is 4.79 Å². The molecule has 0 aromatic heterocycles. The van der Waals surface area contributed by atoms with E-state index in [0.29, 0.717) is 26.2 Å². The number of carboxylic acid groups (broad SMARTS) is 1. The van der Waals surface area contributed by atoms with Crippen molar-refractivity contribution in [3.8, 4) is 0 Å². The number of hydrogen-bond acceptors (Lipinski definition) is 3. The van der Waals surface area contributed by atoms with Gasteiger partial charge in [-0.2, -0.15) is 0 Å². The first-order valence-corrected chi connectivity index (χ1v) is 7.17. The fourth-order valence-corrected chi connectivity index (χ4v) is 2.33. The van der Waals surface area contributed by atoms with Crippen LogP contribution in [0.1, 0.15) is 12.5 Å². The van der Waals surface area contributed by atoms with Crippen LogP contribution in [0.3, 0.4) is 0 Å². The Morgan fingerprint density at radius 3 is 2.29 bits per heavy atom. The first-order chi connectivity index (χ1) is 10.1. The molecule has 1 saturated heterocycles. The average Bonchev–Trinajstić information content (AvgIpc) is 2.48. The number of hydrogen-bond donors (Lipinski definition) is 2. The maximum absolute atomic E-state index is 12.1. The van der Waals surface area contributed by atoms with Crippen LogP contribution in [0.15, 0.2) is 24.3 Å². The lowest BCUT2D eigenvalue weighted by Gasteiger charge is -2.33. The number of rotatable bonds is 4. The van der Waals surface area contributed by atoms with E-state index in [2.05, 4.69) is 12.2 Å². The highest BCUT2D eigenvalue weighted by atomic mass is 16.4. The zero-order valence-corrected chi connectivity index (χ0v) is 12.2. The van der Waals surface area contributed by atoms with E-state index in [-0.39, 0.29) is 12.6 Å². The number of carbonyl (C=O) groups excluding carboxylic acids is 1. The number of piperazine rings is 1. The summed E-state index contributed by atoms with van der Waals surface area (Å²) >= 11 is 0. The van der Waals surface area contributed by atoms with Crippen molar-refractivity contribution in [2.24, 2.45) is 0 Å². The smallest absolute Gasteiger partial charge is 0.321 e. The number of anilines is 1. The lowest BCUT2D eigenvalue weighted by atomic mass is 10.1. The number of carboxylic acids is 1. The molecule has 0 atom stereocenters. The lowest BCUT2D eigenvalue weighted by molar-refractivity contribution is -0.138. The van der Waals surface area contributed by atoms with Crippen molar-refractivity contribution in [2.45, 2.75) is 13.3 Å². The molecule has 1 aliphatic heterocycles. The largest absolute Gasteiger partial charge is 0.480 e. The van der Waals surface area contributed by atoms with Gasteiger partial charge in [0.2, 0.25) is 0 Å². The fourth-order valence-electron chi connectivity index (χ4n) is 2.33. The van der Waals surface area contributed by atoms with Crippen LogP contribution < -0.4 is 5.32 Å². The maximum atomic E-state index is 12.1. The monoisotopic (exact) mass is 291 g/mol. The molecule has 2 rings (SSSR count). The molecule has 6 heteroatoms. The molecule has 1 aliphatic rings. The third-order valence-electron chi connectivity index (χ3n) is 3.63. The van der Waals surface area contributed by atoms with Gasteiger partial charge in [-0.05, 0) is 24.1 Å². The number of urea groups is 1. The zero-order valence-electron chi connectivity index (χ0n) is 12.2. The summed E-state index contributed by atoms with van der Waals surface area (Å²) in [6, 6.07) is 7.67. The molecule has 1 fully saturated rings. The van der Waals surface area contributed by atoms with Crippen LogP contribution >= 0.6 is 0 Å². The van der Waals surface area contributed by atoms with Gasteiger partial charge in [-0.3, -0.25) is 9.69 Å². The molecule has 0 saturated carbocycles. The molecule has 21 heavy (non-hydrogen) atoms. The topological polar surface area (TPSA) is 72.9 Å². The van der Waals surface area contributed by atoms with E-state index in [1.54, 1.807) is 4.90 Å². The van der Waals surface area contributed by atoms with E-state index in [1.807, 2.05) is 29.2 Å². The van der Waals surface area contributed by atoms with Crippen molar-refractivity contribution in [1.82, 2.24) is 9.80 Å². The molecule has 2 N–H and O–H groups in total. The maximum Gasteiger partial charge on any atom is 0.321 e. The average molecular weight is 291 g/mol. The molecule has 2 amide bonds. The van der Waals surface area contributed by atoms with Crippen LogP contribution in [-0.2, 0) is 11.2 Å². The van der Waals surface area contributed by atoms with E-state index in [4.69, 9.17) is 5.11 Å². The van der Waals surface area contributed by atoms with Gasteiger partial charge in [-0.15, -0.1) is 0 Å². The molecule has 0 unspecified atom stereocenters. The Labute approximate surface area is 124 Å². The molecule has 0 spiro atoms. The number of nitrogens with one attached hydrogen (secondary N) is 1. The second-order valence-electron chi connectivity index (χ2n) is 5.14. The Bertz CT molecular complexity index is 493. The van der Waals surface area contributed by atoms with E-state index in [1.165, 1.54) is 5.56 Å². The van der Waals surface area contributed by atoms with Crippen molar-refractivity contribution < 1.29 is 14.7 Å². The predicted molar refractivity (Wildman–Crippen MR) is 80.5 cm³/mol. The van der Waals surface area contributed by atoms with Crippen LogP contribution in [0.25, 0.3) is 0 Å². The van der Waals surface area contributed by atoms with Gasteiger partial charge in [0, 0.05) is 31.9 Å². The molecule has 0 bridgehead atoms. The number of aliphatic carboxylic acids is 1. The van der Waals surface area contributed by atoms with Crippen molar-refractivity contribution >= 4 is 17.7 Å². The molecule has 0 aliphatic carbocycles. The van der Waals surface area contributed by atoms with Gasteiger partial charge in [0.05, 0.1) is 6.54 Å². The lowest BCUT2D eigenvalue weighted by Crippen LogP contribution is -2.51. The summed E-state index contributed by atoms with van der Waals surface area (Å²) in [4.78, 5) is 26.3. The van der Waals surface area contributed by atoms with Crippen LogP contribution in [0.4, 0.5) is 10.5 Å². The molecule has 1 aromatic rings. The van der Waals surface area contributed by atoms with E-state index >= 15 is 0 Å². The summed E-state index contributed by atoms with van der Waals surface area (Å²) in [5.41, 5.74) is 2.01. The summed E-state index contributed by atoms with van der Waals surface area (Å²) in [7, 11) is 0. The minimum absolute atomic E-state index is 0.0357. The number of carbonyl (C=O) groups is 2. The van der Waals surface area contributed by atoms with Gasteiger partial charge in [0.1, 0.15) is 0 Å². The van der Waals surface area contributed by atoms with Gasteiger partial charge >= 0.3 is 12.0 Å². The van der Waals surface area contributed by atoms with Crippen LogP contribution in [0, 0.1) is 0 Å². The standard InChI is InChI=1S/C15H21N3O3/c1-2-12-3-5-13(6-4-12)16-15(21)18-9-7-17(8-10-18)11-14(19)20/h3-6H,2,7-11H2,1H3,(H,16,21)(H,19,20). The molecule has 1 heterocycles. The van der Waals surface area contributed by atoms with Crippen molar-refractivity contribution in [3.63, 3.8) is 0 Å². The van der Waals surface area contributed by atoms with E-state index in [9.17, 15) is 9.59 Å². The Morgan fingerprint density at radius 2 is 1.76 bits per heavy atom. The highest BCUT2D eigenvalue weighted by molar-refractivity contribution is 5.89. The van der Waals surface area contributed by atoms with Crippen molar-refractivity contribution in [3.05, 3.63) is 29.8 Å². The summed E-state index contributed by atoms with van der Waals surface area (Å²) < 4.78 is 0. The number of amides is 2. The second-order valence-corrected chi connectivity index (χ2v) is 5.14. The van der Waals surface area contributed by atoms with Gasteiger partial charge in [-0.1, -0.05) is 19.1 Å². The first-order valence-electron chi connectivity index (χ1n) is 7.17. The van der Waals surface area contributed by atoms with Crippen LogP contribution in [0.5, 0.6) is 0 Å². The Hall–Kier alpha value is -2.08. The Balaban J connectivity index is 1.82. The molecule has 0 radical (unpaired) electrons. The normalized spacial score (nSPS) is 15.8. The Morgan fingerprint density at radius 1 is 1.14 bits per heavy atom. The molecule has 6 nitrogen and oxygen atoms in total. The van der Waals surface area contributed by atoms with Gasteiger partial charge < -0.3 is 15.3 Å². The summed E-state index contributed by atoms with van der Waals surface area (Å²) in [6.45, 7) is 4.40. The summed E-state index contributed by atoms with van der Waals surface area (Å²) in [5.74, 6) is -0.830. The highest BCUT2D eigenvalue weighted by Gasteiger charge is 2.22. The van der Waals surface area contributed by atoms with E-state index < -0.39 is 5.97 Å². The third-order valence-corrected chi connectivity index (χ3v) is 3.63. The molecule has 1 aromatic carbocycles. The van der Waals surface area contributed by atoms with Gasteiger partial charge in [0.15, 0.2) is 0 Å². The highest BCUT2D eigenvalue weighted by Crippen LogP contribution is 2.11. The minimum Gasteiger partial charge on any atom is -0.480 e. The minimum atomic E-state index is -0.830. The summed E-state index contributed by atoms with van der Waals surface area (Å²) in [5, 5.41) is 11.6. The first kappa shape index (κ1) is 15.3. The number of nitrogens with zero attached hydrogens (tertiary/aromatic N) is 2. The molecule has 114 valence electrons. The molecular formula is C15H21N3O3. The zero-order chi connectivity index (χ0) is 15.2. The van der Waals surface area contributed by atoms with Crippen LogP contribution in [-0.4, -0.2) is 59.6 Å². The second kappa shape index (κ2) is 7.08.